The molecule has 3 aromatic rings. The van der Waals surface area contributed by atoms with Crippen LogP contribution in [-0.4, -0.2) is 77.8 Å². The molecule has 11 heteroatoms. The van der Waals surface area contributed by atoms with Gasteiger partial charge in [-0.05, 0) is 75.7 Å². The summed E-state index contributed by atoms with van der Waals surface area (Å²) >= 11 is 12.6. The second-order valence-electron chi connectivity index (χ2n) is 10.6. The zero-order valence-corrected chi connectivity index (χ0v) is 23.9. The zero-order chi connectivity index (χ0) is 26.3. The molecule has 2 saturated heterocycles. The Morgan fingerprint density at radius 1 is 1.16 bits per heavy atom. The third-order valence-corrected chi connectivity index (χ3v) is 9.36. The Balaban J connectivity index is 1.26. The average Bonchev–Trinajstić information content (AvgIpc) is 3.13. The highest BCUT2D eigenvalue weighted by molar-refractivity contribution is 7.90. The van der Waals surface area contributed by atoms with E-state index < -0.39 is 9.84 Å². The molecule has 0 amide bonds. The lowest BCUT2D eigenvalue weighted by atomic mass is 9.80. The Hall–Kier alpha value is -1.94. The van der Waals surface area contributed by atoms with E-state index in [0.29, 0.717) is 28.3 Å². The molecule has 8 nitrogen and oxygen atoms in total. The maximum atomic E-state index is 11.5. The van der Waals surface area contributed by atoms with Gasteiger partial charge in [0.1, 0.15) is 21.2 Å². The van der Waals surface area contributed by atoms with E-state index in [1.165, 1.54) is 19.1 Å². The first-order valence-corrected chi connectivity index (χ1v) is 15.7. The molecule has 2 aromatic heterocycles. The lowest BCUT2D eigenvalue weighted by molar-refractivity contribution is 0.120. The van der Waals surface area contributed by atoms with Crippen LogP contribution in [0.3, 0.4) is 0 Å². The first-order valence-electron chi connectivity index (χ1n) is 12.9. The molecule has 2 aliphatic heterocycles. The number of benzene rings is 1. The quantitative estimate of drug-likeness (QED) is 0.394. The Bertz CT molecular complexity index is 1390. The summed E-state index contributed by atoms with van der Waals surface area (Å²) in [7, 11) is -2.89. The van der Waals surface area contributed by atoms with E-state index in [1.54, 1.807) is 6.07 Å². The summed E-state index contributed by atoms with van der Waals surface area (Å²) in [5.74, 6) is 2.40. The fraction of sp³-hybridized carbons (Fsp3) is 0.577. The molecule has 4 heterocycles. The van der Waals surface area contributed by atoms with E-state index in [-0.39, 0.29) is 11.8 Å². The second-order valence-corrected chi connectivity index (χ2v) is 13.7. The third kappa shape index (κ3) is 5.90. The fourth-order valence-corrected chi connectivity index (χ4v) is 6.88. The second kappa shape index (κ2) is 10.7. The number of fused-ring (bicyclic) bond motifs is 1. The van der Waals surface area contributed by atoms with Crippen molar-refractivity contribution in [3.05, 3.63) is 45.7 Å². The van der Waals surface area contributed by atoms with Gasteiger partial charge in [-0.15, -0.1) is 0 Å². The van der Waals surface area contributed by atoms with Gasteiger partial charge in [0, 0.05) is 35.9 Å². The number of aromatic nitrogens is 4. The van der Waals surface area contributed by atoms with Crippen LogP contribution in [0.5, 0.6) is 0 Å². The first-order chi connectivity index (χ1) is 17.6. The lowest BCUT2D eigenvalue weighted by Gasteiger charge is -2.47. The Kier molecular flexibility index (Phi) is 7.69. The molecule has 5 rings (SSSR count). The van der Waals surface area contributed by atoms with Crippen LogP contribution < -0.4 is 4.90 Å². The summed E-state index contributed by atoms with van der Waals surface area (Å²) in [6.07, 6.45) is 6.30. The largest absolute Gasteiger partial charge is 0.355 e. The highest BCUT2D eigenvalue weighted by Gasteiger charge is 2.36. The van der Waals surface area contributed by atoms with E-state index in [4.69, 9.17) is 38.3 Å². The predicted octanol–water partition coefficient (Wildman–Crippen LogP) is 4.63. The van der Waals surface area contributed by atoms with Crippen LogP contribution in [0.4, 0.5) is 5.82 Å². The summed E-state index contributed by atoms with van der Waals surface area (Å²) in [5, 5.41) is 5.96. The minimum atomic E-state index is -2.89. The van der Waals surface area contributed by atoms with Crippen LogP contribution in [0, 0.1) is 18.8 Å². The molecule has 0 spiro atoms. The smallest absolute Gasteiger partial charge is 0.179 e. The van der Waals surface area contributed by atoms with Crippen molar-refractivity contribution in [2.75, 3.05) is 49.6 Å². The number of piperidine rings is 1. The minimum Gasteiger partial charge on any atom is -0.355 e. The van der Waals surface area contributed by atoms with Crippen molar-refractivity contribution in [1.82, 2.24) is 24.6 Å². The highest BCUT2D eigenvalue weighted by Crippen LogP contribution is 2.35. The Morgan fingerprint density at radius 3 is 2.68 bits per heavy atom. The Labute approximate surface area is 228 Å². The van der Waals surface area contributed by atoms with E-state index in [1.807, 2.05) is 29.9 Å². The van der Waals surface area contributed by atoms with Crippen molar-refractivity contribution in [3.63, 3.8) is 0 Å². The van der Waals surface area contributed by atoms with E-state index >= 15 is 0 Å². The summed E-state index contributed by atoms with van der Waals surface area (Å²) in [5.41, 5.74) is 3.33. The molecule has 0 bridgehead atoms. The van der Waals surface area contributed by atoms with Gasteiger partial charge < -0.3 is 9.80 Å². The van der Waals surface area contributed by atoms with Crippen molar-refractivity contribution in [3.8, 4) is 0 Å². The molecule has 2 fully saturated rings. The normalized spacial score (nSPS) is 20.4. The van der Waals surface area contributed by atoms with Gasteiger partial charge in [-0.2, -0.15) is 5.10 Å². The van der Waals surface area contributed by atoms with Crippen LogP contribution in [0.25, 0.3) is 11.2 Å². The molecular formula is C26H34Cl2N6O2S. The van der Waals surface area contributed by atoms with Gasteiger partial charge in [-0.3, -0.25) is 0 Å². The number of sulfone groups is 1. The van der Waals surface area contributed by atoms with Crippen LogP contribution in [0.1, 0.15) is 43.5 Å². The minimum absolute atomic E-state index is 0.120. The molecule has 0 saturated carbocycles. The number of hydrogen-bond acceptors (Lipinski definition) is 7. The number of hydrogen-bond donors (Lipinski definition) is 0. The topological polar surface area (TPSA) is 84.2 Å². The predicted molar refractivity (Wildman–Crippen MR) is 150 cm³/mol. The van der Waals surface area contributed by atoms with Gasteiger partial charge in [0.25, 0.3) is 0 Å². The molecule has 1 unspecified atom stereocenters. The van der Waals surface area contributed by atoms with Gasteiger partial charge in [-0.1, -0.05) is 29.3 Å². The Morgan fingerprint density at radius 2 is 1.95 bits per heavy atom. The van der Waals surface area contributed by atoms with E-state index in [9.17, 15) is 8.42 Å². The summed E-state index contributed by atoms with van der Waals surface area (Å²) in [6.45, 7) is 8.92. The SMILES string of the molecule is Cc1nn([C@H](C)c2ccc(Cl)cc2Cl)c2nc(N3CC(C4CCCN(CCCS(C)(=O)=O)C4)C3)cnc12. The van der Waals surface area contributed by atoms with E-state index in [2.05, 4.69) is 16.7 Å². The van der Waals surface area contributed by atoms with Gasteiger partial charge >= 0.3 is 0 Å². The average molecular weight is 566 g/mol. The first kappa shape index (κ1) is 26.7. The standard InChI is InChI=1S/C26H34Cl2N6O2S/c1-17-25-26(34(31-17)18(2)22-8-7-21(27)12-23(22)28)30-24(13-29-25)33-15-20(16-33)19-6-4-9-32(14-19)10-5-11-37(3,35)36/h7-8,12-13,18-20H,4-6,9-11,14-16H2,1-3H3/t18-,19?/m1/s1. The number of likely N-dealkylation sites (tertiary alicyclic amines) is 1. The maximum absolute atomic E-state index is 11.5. The lowest BCUT2D eigenvalue weighted by Crippen LogP contribution is -2.54. The zero-order valence-electron chi connectivity index (χ0n) is 21.6. The van der Waals surface area contributed by atoms with Crippen molar-refractivity contribution in [1.29, 1.82) is 0 Å². The fourth-order valence-electron chi connectivity index (χ4n) is 5.66. The van der Waals surface area contributed by atoms with Crippen LogP contribution in [0.15, 0.2) is 24.4 Å². The molecule has 0 N–H and O–H groups in total. The van der Waals surface area contributed by atoms with Crippen molar-refractivity contribution in [2.24, 2.45) is 11.8 Å². The molecule has 2 atom stereocenters. The summed E-state index contributed by atoms with van der Waals surface area (Å²) < 4.78 is 24.8. The van der Waals surface area contributed by atoms with Crippen LogP contribution in [-0.2, 0) is 9.84 Å². The molecular weight excluding hydrogens is 531 g/mol. The van der Waals surface area contributed by atoms with E-state index in [0.717, 1.165) is 61.0 Å². The number of aryl methyl sites for hydroxylation is 1. The number of rotatable bonds is 8. The van der Waals surface area contributed by atoms with Crippen LogP contribution in [0.2, 0.25) is 10.0 Å². The van der Waals surface area contributed by atoms with Gasteiger partial charge in [0.15, 0.2) is 5.65 Å². The summed E-state index contributed by atoms with van der Waals surface area (Å²) in [6, 6.07) is 5.41. The molecule has 0 radical (unpaired) electrons. The van der Waals surface area contributed by atoms with Crippen molar-refractivity contribution >= 4 is 50.0 Å². The van der Waals surface area contributed by atoms with Crippen molar-refractivity contribution < 1.29 is 8.42 Å². The molecule has 0 aliphatic carbocycles. The number of halogens is 2. The van der Waals surface area contributed by atoms with Crippen LogP contribution >= 0.6 is 23.2 Å². The molecule has 1 aromatic carbocycles. The van der Waals surface area contributed by atoms with Gasteiger partial charge in [-0.25, -0.2) is 23.1 Å². The monoisotopic (exact) mass is 564 g/mol. The molecule has 200 valence electrons. The van der Waals surface area contributed by atoms with Gasteiger partial charge in [0.05, 0.1) is 23.7 Å². The summed E-state index contributed by atoms with van der Waals surface area (Å²) in [4.78, 5) is 14.5. The highest BCUT2D eigenvalue weighted by atomic mass is 35.5. The maximum Gasteiger partial charge on any atom is 0.179 e. The molecule has 2 aliphatic rings. The number of anilines is 1. The molecule has 37 heavy (non-hydrogen) atoms. The number of nitrogens with zero attached hydrogens (tertiary/aromatic N) is 6. The van der Waals surface area contributed by atoms with Gasteiger partial charge in [0.2, 0.25) is 0 Å². The third-order valence-electron chi connectivity index (χ3n) is 7.77. The van der Waals surface area contributed by atoms with Crippen molar-refractivity contribution in [2.45, 2.75) is 39.2 Å².